The average Bonchev–Trinajstić information content (AvgIpc) is 2.90. The van der Waals surface area contributed by atoms with Crippen molar-refractivity contribution in [2.75, 3.05) is 0 Å². The first-order valence-electron chi connectivity index (χ1n) is 5.32. The Morgan fingerprint density at radius 3 is 2.59 bits per heavy atom. The fourth-order valence-electron chi connectivity index (χ4n) is 1.65. The van der Waals surface area contributed by atoms with Gasteiger partial charge in [0.05, 0.1) is 16.9 Å². The number of rotatable bonds is 4. The Morgan fingerprint density at radius 1 is 1.24 bits per heavy atom. The van der Waals surface area contributed by atoms with Crippen LogP contribution in [0.4, 0.5) is 0 Å². The van der Waals surface area contributed by atoms with E-state index in [2.05, 4.69) is 6.07 Å². The summed E-state index contributed by atoms with van der Waals surface area (Å²) in [6.45, 7) is 0. The number of ketones is 1. The molecule has 0 amide bonds. The van der Waals surface area contributed by atoms with Crippen LogP contribution in [0.15, 0.2) is 47.8 Å². The number of benzene rings is 1. The fraction of sp³-hybridized carbons (Fsp3) is 0.143. The number of nitriles is 1. The maximum Gasteiger partial charge on any atom is 0.174 e. The number of carbonyl (C=O) groups is 1. The van der Waals surface area contributed by atoms with E-state index in [1.165, 1.54) is 11.3 Å². The molecule has 0 unspecified atom stereocenters. The van der Waals surface area contributed by atoms with Crippen LogP contribution in [0.3, 0.4) is 0 Å². The molecule has 1 aromatic carbocycles. The van der Waals surface area contributed by atoms with Gasteiger partial charge in [-0.15, -0.1) is 11.3 Å². The number of Topliss-reactive ketones (excluding diaryl/α,β-unsaturated/α-hetero) is 1. The number of nitrogens with zero attached hydrogens (tertiary/aromatic N) is 1. The van der Waals surface area contributed by atoms with Crippen molar-refractivity contribution >= 4 is 17.1 Å². The molecule has 0 bridgehead atoms. The number of hydrogen-bond acceptors (Lipinski definition) is 3. The molecule has 3 heteroatoms. The van der Waals surface area contributed by atoms with Gasteiger partial charge in [0.15, 0.2) is 5.78 Å². The van der Waals surface area contributed by atoms with Gasteiger partial charge in [0.1, 0.15) is 0 Å². The molecular weight excluding hydrogens is 230 g/mol. The third-order valence-electron chi connectivity index (χ3n) is 2.54. The summed E-state index contributed by atoms with van der Waals surface area (Å²) >= 11 is 1.42. The van der Waals surface area contributed by atoms with E-state index >= 15 is 0 Å². The molecule has 1 heterocycles. The Morgan fingerprint density at radius 2 is 2.00 bits per heavy atom. The smallest absolute Gasteiger partial charge is 0.174 e. The van der Waals surface area contributed by atoms with E-state index in [-0.39, 0.29) is 18.1 Å². The summed E-state index contributed by atoms with van der Waals surface area (Å²) in [6.07, 6.45) is 0.251. The van der Waals surface area contributed by atoms with Gasteiger partial charge in [-0.2, -0.15) is 5.26 Å². The van der Waals surface area contributed by atoms with Crippen LogP contribution >= 0.6 is 11.3 Å². The normalized spacial score (nSPS) is 11.7. The van der Waals surface area contributed by atoms with Crippen molar-refractivity contribution in [2.45, 2.75) is 12.3 Å². The second kappa shape index (κ2) is 5.42. The zero-order valence-corrected chi connectivity index (χ0v) is 9.98. The van der Waals surface area contributed by atoms with Crippen LogP contribution in [0.5, 0.6) is 0 Å². The van der Waals surface area contributed by atoms with Crippen LogP contribution in [0.2, 0.25) is 0 Å². The zero-order valence-electron chi connectivity index (χ0n) is 9.17. The first kappa shape index (κ1) is 11.6. The van der Waals surface area contributed by atoms with Gasteiger partial charge in [-0.3, -0.25) is 4.79 Å². The Kier molecular flexibility index (Phi) is 3.69. The van der Waals surface area contributed by atoms with Crippen LogP contribution < -0.4 is 0 Å². The van der Waals surface area contributed by atoms with Gasteiger partial charge in [0.25, 0.3) is 0 Å². The molecule has 1 atom stereocenters. The largest absolute Gasteiger partial charge is 0.293 e. The number of hydrogen-bond donors (Lipinski definition) is 0. The quantitative estimate of drug-likeness (QED) is 0.767. The molecule has 0 radical (unpaired) electrons. The maximum atomic E-state index is 11.9. The van der Waals surface area contributed by atoms with Gasteiger partial charge >= 0.3 is 0 Å². The SMILES string of the molecule is N#C[C@H](CC(=O)c1cccs1)c1ccccc1. The Labute approximate surface area is 104 Å². The Bertz CT molecular complexity index is 525. The van der Waals surface area contributed by atoms with Crippen molar-refractivity contribution in [3.63, 3.8) is 0 Å². The summed E-state index contributed by atoms with van der Waals surface area (Å²) in [6, 6.07) is 15.3. The highest BCUT2D eigenvalue weighted by molar-refractivity contribution is 7.12. The molecule has 0 saturated carbocycles. The highest BCUT2D eigenvalue weighted by Gasteiger charge is 2.16. The van der Waals surface area contributed by atoms with E-state index in [4.69, 9.17) is 5.26 Å². The lowest BCUT2D eigenvalue weighted by Gasteiger charge is -2.07. The fourth-order valence-corrected chi connectivity index (χ4v) is 2.32. The van der Waals surface area contributed by atoms with Crippen LogP contribution in [0.25, 0.3) is 0 Å². The molecule has 2 aromatic rings. The van der Waals surface area contributed by atoms with Gasteiger partial charge in [-0.1, -0.05) is 36.4 Å². The van der Waals surface area contributed by atoms with Crippen molar-refractivity contribution in [1.82, 2.24) is 0 Å². The molecule has 0 fully saturated rings. The van der Waals surface area contributed by atoms with E-state index in [0.29, 0.717) is 0 Å². The van der Waals surface area contributed by atoms with Gasteiger partial charge in [0.2, 0.25) is 0 Å². The molecule has 1 aromatic heterocycles. The number of thiophene rings is 1. The lowest BCUT2D eigenvalue weighted by Crippen LogP contribution is -2.04. The topological polar surface area (TPSA) is 40.9 Å². The predicted octanol–water partition coefficient (Wildman–Crippen LogP) is 3.63. The van der Waals surface area contributed by atoms with Gasteiger partial charge in [0, 0.05) is 6.42 Å². The summed E-state index contributed by atoms with van der Waals surface area (Å²) in [5.74, 6) is -0.318. The Hall–Kier alpha value is -1.92. The lowest BCUT2D eigenvalue weighted by atomic mass is 9.95. The molecule has 2 nitrogen and oxygen atoms in total. The second-order valence-corrected chi connectivity index (χ2v) is 4.64. The van der Waals surface area contributed by atoms with Crippen molar-refractivity contribution < 1.29 is 4.79 Å². The first-order valence-corrected chi connectivity index (χ1v) is 6.20. The summed E-state index contributed by atoms with van der Waals surface area (Å²) in [4.78, 5) is 12.6. The standard InChI is InChI=1S/C14H11NOS/c15-10-12(11-5-2-1-3-6-11)9-13(16)14-7-4-8-17-14/h1-8,12H,9H2/t12-/m0/s1. The van der Waals surface area contributed by atoms with E-state index in [1.54, 1.807) is 6.07 Å². The van der Waals surface area contributed by atoms with Crippen LogP contribution in [-0.4, -0.2) is 5.78 Å². The molecule has 0 saturated heterocycles. The summed E-state index contributed by atoms with van der Waals surface area (Å²) in [5.41, 5.74) is 0.903. The van der Waals surface area contributed by atoms with Crippen LogP contribution in [-0.2, 0) is 0 Å². The molecule has 0 spiro atoms. The molecular formula is C14H11NOS. The van der Waals surface area contributed by atoms with E-state index < -0.39 is 0 Å². The minimum Gasteiger partial charge on any atom is -0.293 e. The molecule has 0 aliphatic heterocycles. The molecule has 84 valence electrons. The van der Waals surface area contributed by atoms with Crippen molar-refractivity contribution in [3.05, 3.63) is 58.3 Å². The third-order valence-corrected chi connectivity index (χ3v) is 3.45. The monoisotopic (exact) mass is 241 g/mol. The van der Waals surface area contributed by atoms with Crippen molar-refractivity contribution in [1.29, 1.82) is 5.26 Å². The average molecular weight is 241 g/mol. The minimum absolute atomic E-state index is 0.0374. The second-order valence-electron chi connectivity index (χ2n) is 3.70. The van der Waals surface area contributed by atoms with Gasteiger partial charge in [-0.25, -0.2) is 0 Å². The van der Waals surface area contributed by atoms with Crippen LogP contribution in [0.1, 0.15) is 27.6 Å². The molecule has 0 N–H and O–H groups in total. The Balaban J connectivity index is 2.12. The highest BCUT2D eigenvalue weighted by Crippen LogP contribution is 2.22. The third kappa shape index (κ3) is 2.80. The summed E-state index contributed by atoms with van der Waals surface area (Å²) < 4.78 is 0. The van der Waals surface area contributed by atoms with Crippen molar-refractivity contribution in [3.8, 4) is 6.07 Å². The summed E-state index contributed by atoms with van der Waals surface area (Å²) in [7, 11) is 0. The van der Waals surface area contributed by atoms with Gasteiger partial charge in [-0.05, 0) is 17.0 Å². The van der Waals surface area contributed by atoms with E-state index in [0.717, 1.165) is 10.4 Å². The van der Waals surface area contributed by atoms with Gasteiger partial charge < -0.3 is 0 Å². The molecule has 17 heavy (non-hydrogen) atoms. The van der Waals surface area contributed by atoms with E-state index in [1.807, 2.05) is 41.8 Å². The first-order chi connectivity index (χ1) is 8.31. The maximum absolute atomic E-state index is 11.9. The van der Waals surface area contributed by atoms with E-state index in [9.17, 15) is 4.79 Å². The number of carbonyl (C=O) groups excluding carboxylic acids is 1. The predicted molar refractivity (Wildman–Crippen MR) is 68.1 cm³/mol. The molecule has 2 rings (SSSR count). The lowest BCUT2D eigenvalue weighted by molar-refractivity contribution is 0.0983. The van der Waals surface area contributed by atoms with Crippen molar-refractivity contribution in [2.24, 2.45) is 0 Å². The molecule has 0 aliphatic carbocycles. The summed E-state index contributed by atoms with van der Waals surface area (Å²) in [5, 5.41) is 11.0. The highest BCUT2D eigenvalue weighted by atomic mass is 32.1. The zero-order chi connectivity index (χ0) is 12.1. The van der Waals surface area contributed by atoms with Crippen LogP contribution in [0, 0.1) is 11.3 Å². The minimum atomic E-state index is -0.356. The molecule has 0 aliphatic rings.